The van der Waals surface area contributed by atoms with Gasteiger partial charge in [0.25, 0.3) is 0 Å². The van der Waals surface area contributed by atoms with Crippen LogP contribution in [0.3, 0.4) is 0 Å². The largest absolute Gasteiger partial charge is 0.487 e. The van der Waals surface area contributed by atoms with Crippen LogP contribution in [-0.4, -0.2) is 44.6 Å². The monoisotopic (exact) mass is 416 g/mol. The van der Waals surface area contributed by atoms with Gasteiger partial charge in [-0.25, -0.2) is 13.8 Å². The van der Waals surface area contributed by atoms with Gasteiger partial charge in [0.1, 0.15) is 35.5 Å². The zero-order chi connectivity index (χ0) is 21.0. The lowest BCUT2D eigenvalue weighted by Gasteiger charge is -2.24. The first kappa shape index (κ1) is 19.2. The molecule has 4 atom stereocenters. The first-order valence-corrected chi connectivity index (χ1v) is 9.89. The first-order chi connectivity index (χ1) is 14.4. The molecule has 5 rings (SSSR count). The molecule has 9 heteroatoms. The van der Waals surface area contributed by atoms with Gasteiger partial charge >= 0.3 is 0 Å². The highest BCUT2D eigenvalue weighted by atomic mass is 19.1. The highest BCUT2D eigenvalue weighted by Crippen LogP contribution is 2.38. The summed E-state index contributed by atoms with van der Waals surface area (Å²) >= 11 is 0. The van der Waals surface area contributed by atoms with Crippen LogP contribution >= 0.6 is 0 Å². The van der Waals surface area contributed by atoms with E-state index in [9.17, 15) is 19.0 Å². The van der Waals surface area contributed by atoms with E-state index in [0.29, 0.717) is 18.7 Å². The molecule has 0 unspecified atom stereocenters. The minimum absolute atomic E-state index is 0.175. The summed E-state index contributed by atoms with van der Waals surface area (Å²) in [6.07, 6.45) is 0.336. The molecule has 0 bridgehead atoms. The maximum absolute atomic E-state index is 14.5. The van der Waals surface area contributed by atoms with Crippen molar-refractivity contribution in [2.75, 3.05) is 12.3 Å². The van der Waals surface area contributed by atoms with Crippen LogP contribution in [0, 0.1) is 11.6 Å². The van der Waals surface area contributed by atoms with E-state index < -0.39 is 36.0 Å². The summed E-state index contributed by atoms with van der Waals surface area (Å²) in [5.41, 5.74) is 8.12. The Morgan fingerprint density at radius 2 is 2.07 bits per heavy atom. The minimum Gasteiger partial charge on any atom is -0.487 e. The fraction of sp³-hybridized carbons (Fsp3) is 0.381. The zero-order valence-electron chi connectivity index (χ0n) is 16.1. The molecule has 5 N–H and O–H groups in total. The Bertz CT molecular complexity index is 1120. The Morgan fingerprint density at radius 1 is 1.23 bits per heavy atom. The third-order valence-electron chi connectivity index (χ3n) is 6.07. The van der Waals surface area contributed by atoms with Crippen LogP contribution in [-0.2, 0) is 13.0 Å². The highest BCUT2D eigenvalue weighted by Gasteiger charge is 2.45. The predicted molar refractivity (Wildman–Crippen MR) is 106 cm³/mol. The number of benzene rings is 1. The topological polar surface area (TPSA) is 106 Å². The number of rotatable bonds is 3. The Labute approximate surface area is 171 Å². The van der Waals surface area contributed by atoms with Crippen molar-refractivity contribution in [1.29, 1.82) is 0 Å². The average molecular weight is 416 g/mol. The minimum atomic E-state index is -1.23. The summed E-state index contributed by atoms with van der Waals surface area (Å²) in [6, 6.07) is 3.62. The number of halogens is 2. The number of nitrogen functional groups attached to an aromatic ring is 1. The number of aromatic nitrogens is 2. The van der Waals surface area contributed by atoms with E-state index in [1.807, 2.05) is 0 Å². The molecule has 0 radical (unpaired) electrons. The zero-order valence-corrected chi connectivity index (χ0v) is 16.1. The van der Waals surface area contributed by atoms with Crippen LogP contribution in [0.4, 0.5) is 14.5 Å². The number of hydrogen-bond acceptors (Lipinski definition) is 6. The first-order valence-electron chi connectivity index (χ1n) is 9.89. The van der Waals surface area contributed by atoms with E-state index in [1.165, 1.54) is 35.2 Å². The molecular formula is C21H22F2N4O3. The van der Waals surface area contributed by atoms with Gasteiger partial charge in [-0.2, -0.15) is 0 Å². The van der Waals surface area contributed by atoms with Crippen LogP contribution in [0.2, 0.25) is 0 Å². The molecule has 1 aliphatic heterocycles. The normalized spacial score (nSPS) is 26.1. The third-order valence-corrected chi connectivity index (χ3v) is 6.07. The Morgan fingerprint density at radius 3 is 2.90 bits per heavy atom. The quantitative estimate of drug-likeness (QED) is 0.518. The Kier molecular flexibility index (Phi) is 4.61. The fourth-order valence-electron chi connectivity index (χ4n) is 4.56. The van der Waals surface area contributed by atoms with E-state index in [-0.39, 0.29) is 23.1 Å². The van der Waals surface area contributed by atoms with E-state index >= 15 is 0 Å². The molecule has 7 nitrogen and oxygen atoms in total. The smallest absolute Gasteiger partial charge is 0.152 e. The molecule has 1 aliphatic carbocycles. The van der Waals surface area contributed by atoms with E-state index in [0.717, 1.165) is 17.7 Å². The van der Waals surface area contributed by atoms with Crippen LogP contribution in [0.15, 0.2) is 30.6 Å². The van der Waals surface area contributed by atoms with Crippen molar-refractivity contribution < 1.29 is 23.7 Å². The summed E-state index contributed by atoms with van der Waals surface area (Å²) in [7, 11) is 0. The predicted octanol–water partition coefficient (Wildman–Crippen LogP) is 1.66. The lowest BCUT2D eigenvalue weighted by Crippen LogP contribution is -2.35. The molecule has 30 heavy (non-hydrogen) atoms. The number of nitrogens with zero attached hydrogens (tertiary/aromatic N) is 2. The number of nitrogens with two attached hydrogens (primary N) is 1. The van der Waals surface area contributed by atoms with Gasteiger partial charge in [0.15, 0.2) is 5.82 Å². The number of ether oxygens (including phenoxy) is 1. The molecule has 158 valence electrons. The fourth-order valence-corrected chi connectivity index (χ4v) is 4.56. The standard InChI is InChI=1S/C21H22F2N4O3/c22-11-5-10-1-3-25-8-12(10)16(6-11)30-17-7-15(19(28)20(17)29)27-9-13(23)18-14(24)2-4-26-21(18)27/h2,4-6,9,15,17,19-20,25,28-29H,1,3,7-8H2,(H2,24,26)/t15-,17+,19+,20-/m1/s1. The van der Waals surface area contributed by atoms with Gasteiger partial charge in [-0.15, -0.1) is 0 Å². The summed E-state index contributed by atoms with van der Waals surface area (Å²) in [5, 5.41) is 24.7. The molecule has 1 saturated carbocycles. The van der Waals surface area contributed by atoms with Crippen molar-refractivity contribution in [1.82, 2.24) is 14.9 Å². The number of hydrogen-bond donors (Lipinski definition) is 4. The van der Waals surface area contributed by atoms with E-state index in [4.69, 9.17) is 10.5 Å². The Balaban J connectivity index is 1.47. The van der Waals surface area contributed by atoms with Gasteiger partial charge in [0.05, 0.1) is 11.4 Å². The number of fused-ring (bicyclic) bond motifs is 2. The summed E-state index contributed by atoms with van der Waals surface area (Å²) in [6.45, 7) is 1.29. The summed E-state index contributed by atoms with van der Waals surface area (Å²) in [4.78, 5) is 4.20. The van der Waals surface area contributed by atoms with Gasteiger partial charge in [-0.05, 0) is 30.7 Å². The van der Waals surface area contributed by atoms with Crippen molar-refractivity contribution in [3.8, 4) is 5.75 Å². The molecule has 1 fully saturated rings. The van der Waals surface area contributed by atoms with Crippen molar-refractivity contribution in [3.05, 3.63) is 53.4 Å². The van der Waals surface area contributed by atoms with Crippen molar-refractivity contribution in [3.63, 3.8) is 0 Å². The molecule has 3 heterocycles. The number of aliphatic hydroxyl groups is 2. The van der Waals surface area contributed by atoms with Crippen LogP contribution < -0.4 is 15.8 Å². The van der Waals surface area contributed by atoms with Gasteiger partial charge in [-0.1, -0.05) is 0 Å². The van der Waals surface area contributed by atoms with Crippen molar-refractivity contribution in [2.45, 2.75) is 43.7 Å². The molecule has 0 spiro atoms. The van der Waals surface area contributed by atoms with Gasteiger partial charge < -0.3 is 30.6 Å². The van der Waals surface area contributed by atoms with E-state index in [2.05, 4.69) is 10.3 Å². The number of nitrogens with one attached hydrogen (secondary N) is 1. The van der Waals surface area contributed by atoms with E-state index in [1.54, 1.807) is 0 Å². The van der Waals surface area contributed by atoms with Crippen LogP contribution in [0.1, 0.15) is 23.6 Å². The van der Waals surface area contributed by atoms with Crippen molar-refractivity contribution >= 4 is 16.7 Å². The molecule has 1 aromatic carbocycles. The second-order valence-corrected chi connectivity index (χ2v) is 7.89. The van der Waals surface area contributed by atoms with Gasteiger partial charge in [0.2, 0.25) is 0 Å². The molecule has 2 aliphatic rings. The summed E-state index contributed by atoms with van der Waals surface area (Å²) in [5.74, 6) is -0.611. The van der Waals surface area contributed by atoms with Crippen molar-refractivity contribution in [2.24, 2.45) is 0 Å². The number of aliphatic hydroxyl groups excluding tert-OH is 2. The number of anilines is 1. The SMILES string of the molecule is Nc1ccnc2c1c(F)cn2[C@@H]1C[C@H](Oc2cc(F)cc3c2CNCC3)[C@@H](O)[C@H]1O. The average Bonchev–Trinajstić information content (AvgIpc) is 3.20. The molecule has 2 aromatic heterocycles. The Hall–Kier alpha value is -2.75. The molecule has 0 amide bonds. The van der Waals surface area contributed by atoms with Gasteiger partial charge in [-0.3, -0.25) is 0 Å². The lowest BCUT2D eigenvalue weighted by molar-refractivity contribution is -0.0167. The lowest BCUT2D eigenvalue weighted by atomic mass is 10.00. The maximum atomic E-state index is 14.5. The second kappa shape index (κ2) is 7.19. The summed E-state index contributed by atoms with van der Waals surface area (Å²) < 4.78 is 36.0. The number of pyridine rings is 1. The van der Waals surface area contributed by atoms with Crippen LogP contribution in [0.5, 0.6) is 5.75 Å². The third kappa shape index (κ3) is 3.01. The highest BCUT2D eigenvalue weighted by molar-refractivity contribution is 5.89. The van der Waals surface area contributed by atoms with Crippen LogP contribution in [0.25, 0.3) is 11.0 Å². The molecule has 0 saturated heterocycles. The molecular weight excluding hydrogens is 394 g/mol. The van der Waals surface area contributed by atoms with Gasteiger partial charge in [0, 0.05) is 42.7 Å². The molecule has 3 aromatic rings. The second-order valence-electron chi connectivity index (χ2n) is 7.89. The maximum Gasteiger partial charge on any atom is 0.152 e.